The minimum Gasteiger partial charge on any atom is -0.388 e. The van der Waals surface area contributed by atoms with Gasteiger partial charge >= 0.3 is 0 Å². The summed E-state index contributed by atoms with van der Waals surface area (Å²) in [5, 5.41) is 3.39. The zero-order valence-electron chi connectivity index (χ0n) is 8.23. The van der Waals surface area contributed by atoms with Crippen LogP contribution in [0.1, 0.15) is 39.0 Å². The first-order chi connectivity index (χ1) is 6.18. The van der Waals surface area contributed by atoms with E-state index in [2.05, 4.69) is 12.2 Å². The summed E-state index contributed by atoms with van der Waals surface area (Å²) in [5.41, 5.74) is 1.66. The molecule has 0 spiro atoms. The van der Waals surface area contributed by atoms with Gasteiger partial charge in [0.05, 0.1) is 0 Å². The summed E-state index contributed by atoms with van der Waals surface area (Å²) in [6, 6.07) is 0. The Balaban J connectivity index is 1.79. The van der Waals surface area contributed by atoms with E-state index in [0.717, 1.165) is 18.7 Å². The van der Waals surface area contributed by atoms with Crippen molar-refractivity contribution < 1.29 is 4.79 Å². The molecule has 0 aliphatic heterocycles. The fraction of sp³-hybridized carbons (Fsp3) is 0.727. The predicted molar refractivity (Wildman–Crippen MR) is 52.3 cm³/mol. The van der Waals surface area contributed by atoms with Gasteiger partial charge in [-0.3, -0.25) is 4.79 Å². The second kappa shape index (κ2) is 3.17. The molecule has 0 radical (unpaired) electrons. The molecular formula is C11H17NO. The van der Waals surface area contributed by atoms with Gasteiger partial charge in [-0.25, -0.2) is 0 Å². The van der Waals surface area contributed by atoms with Gasteiger partial charge in [0.1, 0.15) is 0 Å². The largest absolute Gasteiger partial charge is 0.388 e. The molecule has 0 unspecified atom stereocenters. The van der Waals surface area contributed by atoms with Crippen molar-refractivity contribution in [1.29, 1.82) is 0 Å². The average molecular weight is 179 g/mol. The van der Waals surface area contributed by atoms with Gasteiger partial charge in [-0.1, -0.05) is 13.3 Å². The maximum absolute atomic E-state index is 10.9. The second-order valence-electron chi connectivity index (χ2n) is 4.65. The highest BCUT2D eigenvalue weighted by Gasteiger charge is 2.31. The fourth-order valence-corrected chi connectivity index (χ4v) is 2.02. The van der Waals surface area contributed by atoms with E-state index in [0.29, 0.717) is 11.8 Å². The van der Waals surface area contributed by atoms with Crippen LogP contribution in [0.25, 0.3) is 0 Å². The second-order valence-corrected chi connectivity index (χ2v) is 4.65. The number of allylic oxidation sites excluding steroid dienone is 2. The van der Waals surface area contributed by atoms with E-state index in [1.807, 2.05) is 0 Å². The molecule has 2 aliphatic rings. The van der Waals surface area contributed by atoms with Crippen molar-refractivity contribution >= 4 is 5.78 Å². The lowest BCUT2D eigenvalue weighted by molar-refractivity contribution is -0.114. The summed E-state index contributed by atoms with van der Waals surface area (Å²) in [6.07, 6.45) is 7.44. The predicted octanol–water partition coefficient (Wildman–Crippen LogP) is 2.01. The lowest BCUT2D eigenvalue weighted by Crippen LogP contribution is -2.36. The molecule has 0 saturated heterocycles. The van der Waals surface area contributed by atoms with Gasteiger partial charge in [0, 0.05) is 24.7 Å². The van der Waals surface area contributed by atoms with E-state index >= 15 is 0 Å². The van der Waals surface area contributed by atoms with Crippen molar-refractivity contribution in [3.8, 4) is 0 Å². The molecule has 0 aromatic carbocycles. The average Bonchev–Trinajstić information content (AvgIpc) is 2.44. The van der Waals surface area contributed by atoms with E-state index in [-0.39, 0.29) is 5.78 Å². The number of carbonyl (C=O) groups excluding carboxylic acids is 1. The minimum atomic E-state index is 0.279. The molecule has 0 bridgehead atoms. The number of nitrogens with one attached hydrogen (secondary N) is 1. The fourth-order valence-electron chi connectivity index (χ4n) is 2.02. The third kappa shape index (κ3) is 1.93. The van der Waals surface area contributed by atoms with E-state index < -0.39 is 0 Å². The van der Waals surface area contributed by atoms with Gasteiger partial charge in [-0.2, -0.15) is 0 Å². The molecule has 1 N–H and O–H groups in total. The lowest BCUT2D eigenvalue weighted by atomic mass is 9.70. The minimum absolute atomic E-state index is 0.279. The van der Waals surface area contributed by atoms with Crippen molar-refractivity contribution in [2.24, 2.45) is 5.41 Å². The van der Waals surface area contributed by atoms with E-state index in [9.17, 15) is 4.79 Å². The standard InChI is InChI=1S/C11H17NO/c1-11(5-2-6-11)8-12-9-3-4-10(13)7-9/h7,12H,2-6,8H2,1H3. The Bertz CT molecular complexity index is 251. The summed E-state index contributed by atoms with van der Waals surface area (Å²) in [6.45, 7) is 3.37. The van der Waals surface area contributed by atoms with Gasteiger partial charge in [0.15, 0.2) is 5.78 Å². The molecule has 13 heavy (non-hydrogen) atoms. The number of hydrogen-bond donors (Lipinski definition) is 1. The third-order valence-corrected chi connectivity index (χ3v) is 3.28. The van der Waals surface area contributed by atoms with Crippen molar-refractivity contribution in [3.63, 3.8) is 0 Å². The maximum Gasteiger partial charge on any atom is 0.157 e. The molecule has 1 saturated carbocycles. The Labute approximate surface area is 79.4 Å². The lowest BCUT2D eigenvalue weighted by Gasteiger charge is -2.38. The van der Waals surface area contributed by atoms with Crippen LogP contribution in [0.5, 0.6) is 0 Å². The summed E-state index contributed by atoms with van der Waals surface area (Å²) in [4.78, 5) is 10.9. The molecule has 0 aromatic rings. The number of rotatable bonds is 3. The highest BCUT2D eigenvalue weighted by atomic mass is 16.1. The Morgan fingerprint density at radius 1 is 1.46 bits per heavy atom. The molecule has 2 aliphatic carbocycles. The van der Waals surface area contributed by atoms with Crippen LogP contribution in [0.2, 0.25) is 0 Å². The molecule has 1 fully saturated rings. The van der Waals surface area contributed by atoms with Gasteiger partial charge < -0.3 is 5.32 Å². The van der Waals surface area contributed by atoms with Gasteiger partial charge in [-0.05, 0) is 24.7 Å². The third-order valence-electron chi connectivity index (χ3n) is 3.28. The quantitative estimate of drug-likeness (QED) is 0.718. The summed E-state index contributed by atoms with van der Waals surface area (Å²) >= 11 is 0. The highest BCUT2D eigenvalue weighted by Crippen LogP contribution is 2.39. The summed E-state index contributed by atoms with van der Waals surface area (Å²) in [5.74, 6) is 0.279. The molecule has 72 valence electrons. The maximum atomic E-state index is 10.9. The van der Waals surface area contributed by atoms with Crippen LogP contribution in [-0.4, -0.2) is 12.3 Å². The van der Waals surface area contributed by atoms with Crippen molar-refractivity contribution in [2.45, 2.75) is 39.0 Å². The van der Waals surface area contributed by atoms with Crippen LogP contribution >= 0.6 is 0 Å². The van der Waals surface area contributed by atoms with E-state index in [1.54, 1.807) is 6.08 Å². The number of hydrogen-bond acceptors (Lipinski definition) is 2. The van der Waals surface area contributed by atoms with Crippen LogP contribution < -0.4 is 5.32 Å². The molecule has 0 amide bonds. The molecule has 0 atom stereocenters. The Kier molecular flexibility index (Phi) is 2.14. The van der Waals surface area contributed by atoms with E-state index in [4.69, 9.17) is 0 Å². The van der Waals surface area contributed by atoms with Gasteiger partial charge in [0.25, 0.3) is 0 Å². The Morgan fingerprint density at radius 2 is 2.23 bits per heavy atom. The Morgan fingerprint density at radius 3 is 2.69 bits per heavy atom. The van der Waals surface area contributed by atoms with Crippen LogP contribution in [0.4, 0.5) is 0 Å². The molecule has 2 rings (SSSR count). The Hall–Kier alpha value is -0.790. The topological polar surface area (TPSA) is 29.1 Å². The zero-order valence-corrected chi connectivity index (χ0v) is 8.23. The molecule has 0 heterocycles. The van der Waals surface area contributed by atoms with Crippen molar-refractivity contribution in [1.82, 2.24) is 5.32 Å². The normalized spacial score (nSPS) is 25.3. The van der Waals surface area contributed by atoms with Gasteiger partial charge in [-0.15, -0.1) is 0 Å². The smallest absolute Gasteiger partial charge is 0.157 e. The number of ketones is 1. The molecule has 2 heteroatoms. The van der Waals surface area contributed by atoms with Crippen molar-refractivity contribution in [2.75, 3.05) is 6.54 Å². The first-order valence-electron chi connectivity index (χ1n) is 5.15. The monoisotopic (exact) mass is 179 g/mol. The summed E-state index contributed by atoms with van der Waals surface area (Å²) in [7, 11) is 0. The zero-order chi connectivity index (χ0) is 9.31. The number of carbonyl (C=O) groups is 1. The van der Waals surface area contributed by atoms with Crippen molar-refractivity contribution in [3.05, 3.63) is 11.8 Å². The summed E-state index contributed by atoms with van der Waals surface area (Å²) < 4.78 is 0. The molecular weight excluding hydrogens is 162 g/mol. The van der Waals surface area contributed by atoms with Crippen LogP contribution in [0.15, 0.2) is 11.8 Å². The molecule has 0 aromatic heterocycles. The van der Waals surface area contributed by atoms with Crippen LogP contribution in [0, 0.1) is 5.41 Å². The first kappa shape index (κ1) is 8.79. The first-order valence-corrected chi connectivity index (χ1v) is 5.15. The highest BCUT2D eigenvalue weighted by molar-refractivity contribution is 5.92. The van der Waals surface area contributed by atoms with Gasteiger partial charge in [0.2, 0.25) is 0 Å². The van der Waals surface area contributed by atoms with E-state index in [1.165, 1.54) is 19.3 Å². The molecule has 2 nitrogen and oxygen atoms in total. The van der Waals surface area contributed by atoms with Crippen LogP contribution in [-0.2, 0) is 4.79 Å². The van der Waals surface area contributed by atoms with Crippen LogP contribution in [0.3, 0.4) is 0 Å². The SMILES string of the molecule is CC1(CNC2=CC(=O)CC2)CCC1.